The van der Waals surface area contributed by atoms with Crippen molar-refractivity contribution in [3.8, 4) is 0 Å². The Morgan fingerprint density at radius 2 is 0.519 bits per heavy atom. The van der Waals surface area contributed by atoms with Crippen molar-refractivity contribution >= 4 is 65.9 Å². The van der Waals surface area contributed by atoms with Crippen LogP contribution in [0.5, 0.6) is 0 Å². The molecule has 0 N–H and O–H groups in total. The normalized spacial score (nSPS) is 11.6. The van der Waals surface area contributed by atoms with Gasteiger partial charge in [0.1, 0.15) is 11.8 Å². The number of para-hydroxylation sites is 2. The first kappa shape index (κ1) is 85.8. The van der Waals surface area contributed by atoms with Gasteiger partial charge in [-0.05, 0) is 195 Å². The predicted molar refractivity (Wildman–Crippen MR) is 459 cm³/mol. The molecule has 0 saturated carbocycles. The van der Waals surface area contributed by atoms with Gasteiger partial charge in [0.25, 0.3) is 0 Å². The first-order valence-corrected chi connectivity index (χ1v) is 39.6. The maximum absolute atomic E-state index is 4.80. The van der Waals surface area contributed by atoms with E-state index in [0.717, 1.165) is 66.6 Å². The molecule has 13 aromatic rings. The Balaban J connectivity index is 0.000000176. The summed E-state index contributed by atoms with van der Waals surface area (Å²) < 4.78 is 0. The van der Waals surface area contributed by atoms with E-state index in [9.17, 15) is 0 Å². The Hall–Kier alpha value is -9.49. The van der Waals surface area contributed by atoms with Crippen molar-refractivity contribution in [1.82, 2.24) is 64.8 Å². The van der Waals surface area contributed by atoms with Crippen LogP contribution in [0.4, 0.5) is 0 Å². The molecule has 0 atom stereocenters. The van der Waals surface area contributed by atoms with Crippen LogP contribution in [0.15, 0.2) is 165 Å². The Kier molecular flexibility index (Phi) is 31.8. The zero-order valence-corrected chi connectivity index (χ0v) is 70.5. The molecule has 0 amide bonds. The molecule has 570 valence electrons. The summed E-state index contributed by atoms with van der Waals surface area (Å²) in [6.07, 6.45) is 14.1. The molecule has 0 aliphatic heterocycles. The van der Waals surface area contributed by atoms with Gasteiger partial charge >= 0.3 is 0 Å². The molecule has 0 aliphatic carbocycles. The summed E-state index contributed by atoms with van der Waals surface area (Å²) in [4.78, 5) is 58.0. The molecule has 13 nitrogen and oxygen atoms in total. The topological polar surface area (TPSA) is 168 Å². The van der Waals surface area contributed by atoms with E-state index in [2.05, 4.69) is 341 Å². The van der Waals surface area contributed by atoms with Gasteiger partial charge in [-0.15, -0.1) is 0 Å². The summed E-state index contributed by atoms with van der Waals surface area (Å²) in [5.74, 6) is 6.89. The molecule has 0 spiro atoms. The molecule has 2 aromatic carbocycles. The maximum atomic E-state index is 4.80. The highest BCUT2D eigenvalue weighted by molar-refractivity contribution is 5.82. The fourth-order valence-electron chi connectivity index (χ4n) is 13.2. The van der Waals surface area contributed by atoms with Crippen LogP contribution in [0.25, 0.3) is 65.9 Å². The van der Waals surface area contributed by atoms with Crippen molar-refractivity contribution in [2.45, 2.75) is 277 Å². The average Bonchev–Trinajstić information content (AvgIpc) is 0.874. The minimum Gasteiger partial charge on any atom is -0.264 e. The summed E-state index contributed by atoms with van der Waals surface area (Å²) in [6.45, 7) is 61.6. The van der Waals surface area contributed by atoms with Crippen LogP contribution in [-0.4, -0.2) is 64.8 Å². The quantitative estimate of drug-likeness (QED) is 0.101. The van der Waals surface area contributed by atoms with E-state index in [-0.39, 0.29) is 0 Å². The third kappa shape index (κ3) is 23.0. The highest BCUT2D eigenvalue weighted by atomic mass is 14.9. The van der Waals surface area contributed by atoms with Gasteiger partial charge in [-0.1, -0.05) is 236 Å². The van der Waals surface area contributed by atoms with Crippen molar-refractivity contribution in [1.29, 1.82) is 0 Å². The van der Waals surface area contributed by atoms with Crippen LogP contribution in [0.1, 0.15) is 356 Å². The number of hydrogen-bond donors (Lipinski definition) is 0. The van der Waals surface area contributed by atoms with E-state index in [1.807, 2.05) is 36.8 Å². The third-order valence-corrected chi connectivity index (χ3v) is 19.0. The Bertz CT molecular complexity index is 3960. The average molecular weight is 1450 g/mol. The predicted octanol–water partition coefficient (Wildman–Crippen LogP) is 26.6. The monoisotopic (exact) mass is 1450 g/mol. The van der Waals surface area contributed by atoms with Crippen molar-refractivity contribution < 1.29 is 0 Å². The van der Waals surface area contributed by atoms with Gasteiger partial charge in [0.15, 0.2) is 16.9 Å². The van der Waals surface area contributed by atoms with Gasteiger partial charge in [0.2, 0.25) is 0 Å². The van der Waals surface area contributed by atoms with E-state index in [1.54, 1.807) is 31.1 Å². The molecule has 0 radical (unpaired) electrons. The van der Waals surface area contributed by atoms with Crippen LogP contribution >= 0.6 is 0 Å². The first-order chi connectivity index (χ1) is 51.2. The van der Waals surface area contributed by atoms with Crippen LogP contribution in [0.2, 0.25) is 0 Å². The lowest BCUT2D eigenvalue weighted by Gasteiger charge is -2.15. The smallest absolute Gasteiger partial charge is 0.178 e. The van der Waals surface area contributed by atoms with Gasteiger partial charge in [0.05, 0.1) is 16.6 Å². The van der Waals surface area contributed by atoms with Crippen molar-refractivity contribution in [3.63, 3.8) is 0 Å². The summed E-state index contributed by atoms with van der Waals surface area (Å²) in [5.41, 5.74) is 24.4. The second-order valence-corrected chi connectivity index (χ2v) is 32.8. The molecule has 0 aliphatic rings. The second-order valence-electron chi connectivity index (χ2n) is 32.8. The molecule has 11 heterocycles. The number of pyridine rings is 9. The third-order valence-electron chi connectivity index (χ3n) is 19.0. The van der Waals surface area contributed by atoms with E-state index in [0.29, 0.717) is 82.9 Å². The molecular weight excluding hydrogens is 1320 g/mol. The maximum Gasteiger partial charge on any atom is 0.178 e. The number of hydrogen-bond acceptors (Lipinski definition) is 13. The van der Waals surface area contributed by atoms with E-state index < -0.39 is 0 Å². The highest BCUT2D eigenvalue weighted by Crippen LogP contribution is 2.34. The number of fused-ring (bicyclic) bond motifs is 6. The van der Waals surface area contributed by atoms with Crippen LogP contribution in [0, 0.1) is 0 Å². The number of rotatable bonds is 14. The fraction of sp³-hybridized carbons (Fsp3) is 0.442. The summed E-state index contributed by atoms with van der Waals surface area (Å²) in [5, 5.41) is 5.79. The Labute approximate surface area is 647 Å². The lowest BCUT2D eigenvalue weighted by Crippen LogP contribution is -2.03. The van der Waals surface area contributed by atoms with E-state index in [1.165, 1.54) is 78.2 Å². The minimum absolute atomic E-state index is 0.420. The molecule has 13 rings (SSSR count). The largest absolute Gasteiger partial charge is 0.264 e. The Morgan fingerprint density at radius 1 is 0.194 bits per heavy atom. The van der Waals surface area contributed by atoms with Gasteiger partial charge in [-0.3, -0.25) is 29.9 Å². The SMILES string of the molecule is CC(C)c1cc2ccccc2nc1C(C)C.CC(C)c1cc2ccccc2nc1C(C)C.CC(C)c1cc2cccnc2nc1C(C)C.CC(C)c1cc2cnccc2nc1C(C)C.CC(C)c1cc2cncnc2nc1C(C)C.CC(C)c1cc2nccnc2nc1C(C)C.CC(C)c1cccnc1C(C)C. The number of aromatic nitrogens is 13. The molecule has 13 heteroatoms. The summed E-state index contributed by atoms with van der Waals surface area (Å²) >= 11 is 0. The highest BCUT2D eigenvalue weighted by Gasteiger charge is 2.20. The van der Waals surface area contributed by atoms with Crippen molar-refractivity contribution in [2.75, 3.05) is 0 Å². The van der Waals surface area contributed by atoms with Crippen LogP contribution in [-0.2, 0) is 0 Å². The van der Waals surface area contributed by atoms with Crippen LogP contribution in [0.3, 0.4) is 0 Å². The van der Waals surface area contributed by atoms with Gasteiger partial charge < -0.3 is 0 Å². The minimum atomic E-state index is 0.420. The van der Waals surface area contributed by atoms with E-state index in [4.69, 9.17) is 15.0 Å². The fourth-order valence-corrected chi connectivity index (χ4v) is 13.2. The van der Waals surface area contributed by atoms with Gasteiger partial charge in [-0.2, -0.15) is 0 Å². The molecule has 0 bridgehead atoms. The zero-order valence-electron chi connectivity index (χ0n) is 70.5. The summed E-state index contributed by atoms with van der Waals surface area (Å²) in [6, 6.07) is 40.2. The lowest BCUT2D eigenvalue weighted by atomic mass is 9.94. The van der Waals surface area contributed by atoms with Gasteiger partial charge in [-0.25, -0.2) is 34.9 Å². The molecule has 0 unspecified atom stereocenters. The Morgan fingerprint density at radius 3 is 0.954 bits per heavy atom. The molecule has 108 heavy (non-hydrogen) atoms. The standard InChI is InChI=1S/2C15H19N.2C14H18N2.2C13H17N3.C11H17N/c2*1-10(2)13-9-12-7-5-6-8-14(12)16-15(13)11(3)4;1-9(2)12-7-11-8-15-6-5-13(11)16-14(12)10(3)4;1-9(2)12-8-11-6-5-7-15-14(11)16-13(12)10(3)4;1-8(2)11-5-10-6-14-7-15-13(10)16-12(11)9(3)4;1-8(2)10-7-11-13(15-6-5-14-11)16-12(10)9(3)4;1-8(2)10-6-5-7-12-11(10)9(3)4/h2*5-11H,1-4H3;2*5-10H,1-4H3;2*5-9H,1-4H3;5-9H,1-4H3. The molecule has 0 saturated heterocycles. The zero-order chi connectivity index (χ0) is 79.4. The number of nitrogens with zero attached hydrogens (tertiary/aromatic N) is 13. The molecule has 0 fully saturated rings. The van der Waals surface area contributed by atoms with Gasteiger partial charge in [0, 0.05) is 110 Å². The molecular formula is C95H125N13. The van der Waals surface area contributed by atoms with Crippen molar-refractivity contribution in [3.05, 3.63) is 244 Å². The first-order valence-electron chi connectivity index (χ1n) is 39.6. The second kappa shape index (κ2) is 40.1. The summed E-state index contributed by atoms with van der Waals surface area (Å²) in [7, 11) is 0. The molecule has 11 aromatic heterocycles. The lowest BCUT2D eigenvalue weighted by molar-refractivity contribution is 0.757. The number of benzene rings is 2. The van der Waals surface area contributed by atoms with Crippen LogP contribution < -0.4 is 0 Å². The van der Waals surface area contributed by atoms with E-state index >= 15 is 0 Å². The van der Waals surface area contributed by atoms with Crippen molar-refractivity contribution in [2.24, 2.45) is 0 Å².